The number of hydrogen-bond acceptors (Lipinski definition) is 5. The maximum Gasteiger partial charge on any atom is 0.258 e. The fraction of sp³-hybridized carbons (Fsp3) is 0.450. The second-order valence-corrected chi connectivity index (χ2v) is 7.57. The SMILES string of the molecule is Cc1cc(C)cc(OCC(=O)NC[C@@H](c2cccs2)N2CCOCC2)c1. The third-order valence-corrected chi connectivity index (χ3v) is 5.39. The number of rotatable bonds is 7. The second kappa shape index (κ2) is 9.16. The number of nitrogens with one attached hydrogen (secondary N) is 1. The summed E-state index contributed by atoms with van der Waals surface area (Å²) in [5, 5.41) is 5.11. The Hall–Kier alpha value is -1.89. The van der Waals surface area contributed by atoms with E-state index in [0.717, 1.165) is 43.2 Å². The minimum absolute atomic E-state index is 0.0309. The number of carbonyl (C=O) groups is 1. The van der Waals surface area contributed by atoms with Crippen LogP contribution in [-0.2, 0) is 9.53 Å². The van der Waals surface area contributed by atoms with Gasteiger partial charge in [0.05, 0.1) is 19.3 Å². The van der Waals surface area contributed by atoms with Crippen LogP contribution < -0.4 is 10.1 Å². The van der Waals surface area contributed by atoms with E-state index in [4.69, 9.17) is 9.47 Å². The molecule has 0 saturated carbocycles. The molecule has 1 aliphatic heterocycles. The number of carbonyl (C=O) groups excluding carboxylic acids is 1. The molecule has 6 heteroatoms. The van der Waals surface area contributed by atoms with Crippen molar-refractivity contribution >= 4 is 17.2 Å². The molecule has 1 aromatic carbocycles. The molecule has 0 radical (unpaired) electrons. The first-order valence-corrected chi connectivity index (χ1v) is 9.83. The number of aryl methyl sites for hydroxylation is 2. The monoisotopic (exact) mass is 374 g/mol. The Morgan fingerprint density at radius 3 is 2.65 bits per heavy atom. The van der Waals surface area contributed by atoms with E-state index in [1.54, 1.807) is 11.3 Å². The molecule has 0 bridgehead atoms. The largest absolute Gasteiger partial charge is 0.484 e. The number of hydrogen-bond donors (Lipinski definition) is 1. The van der Waals surface area contributed by atoms with Crippen molar-refractivity contribution in [2.24, 2.45) is 0 Å². The molecule has 1 fully saturated rings. The summed E-state index contributed by atoms with van der Waals surface area (Å²) in [6, 6.07) is 10.3. The third kappa shape index (κ3) is 5.30. The van der Waals surface area contributed by atoms with Crippen molar-refractivity contribution in [2.75, 3.05) is 39.5 Å². The molecule has 140 valence electrons. The smallest absolute Gasteiger partial charge is 0.258 e. The van der Waals surface area contributed by atoms with Crippen LogP contribution in [0, 0.1) is 13.8 Å². The molecule has 1 atom stereocenters. The zero-order valence-electron chi connectivity index (χ0n) is 15.4. The van der Waals surface area contributed by atoms with Gasteiger partial charge in [-0.15, -0.1) is 11.3 Å². The maximum absolute atomic E-state index is 12.3. The number of ether oxygens (including phenoxy) is 2. The van der Waals surface area contributed by atoms with Gasteiger partial charge in [-0.1, -0.05) is 12.1 Å². The molecule has 1 saturated heterocycles. The first-order chi connectivity index (χ1) is 12.6. The van der Waals surface area contributed by atoms with Gasteiger partial charge in [0.1, 0.15) is 5.75 Å². The van der Waals surface area contributed by atoms with Crippen LogP contribution in [0.25, 0.3) is 0 Å². The summed E-state index contributed by atoms with van der Waals surface area (Å²) < 4.78 is 11.1. The van der Waals surface area contributed by atoms with Crippen molar-refractivity contribution in [1.82, 2.24) is 10.2 Å². The molecular weight excluding hydrogens is 348 g/mol. The van der Waals surface area contributed by atoms with Gasteiger partial charge in [-0.2, -0.15) is 0 Å². The molecule has 1 N–H and O–H groups in total. The molecule has 1 aromatic heterocycles. The van der Waals surface area contributed by atoms with Crippen LogP contribution in [0.1, 0.15) is 22.0 Å². The van der Waals surface area contributed by atoms with Crippen molar-refractivity contribution in [3.05, 3.63) is 51.7 Å². The molecule has 3 rings (SSSR count). The molecule has 2 aromatic rings. The van der Waals surface area contributed by atoms with Gasteiger partial charge in [0.2, 0.25) is 0 Å². The summed E-state index contributed by atoms with van der Waals surface area (Å²) in [6.07, 6.45) is 0. The number of nitrogens with zero attached hydrogens (tertiary/aromatic N) is 1. The van der Waals surface area contributed by atoms with Crippen molar-refractivity contribution in [1.29, 1.82) is 0 Å². The fourth-order valence-corrected chi connectivity index (χ4v) is 4.07. The predicted octanol–water partition coefficient (Wildman–Crippen LogP) is 2.93. The average molecular weight is 375 g/mol. The Bertz CT molecular complexity index is 692. The minimum atomic E-state index is -0.0982. The summed E-state index contributed by atoms with van der Waals surface area (Å²) in [6.45, 7) is 7.91. The van der Waals surface area contributed by atoms with Crippen molar-refractivity contribution < 1.29 is 14.3 Å². The zero-order valence-corrected chi connectivity index (χ0v) is 16.2. The van der Waals surface area contributed by atoms with Crippen LogP contribution in [0.5, 0.6) is 5.75 Å². The van der Waals surface area contributed by atoms with E-state index >= 15 is 0 Å². The fourth-order valence-electron chi connectivity index (χ4n) is 3.21. The summed E-state index contributed by atoms with van der Waals surface area (Å²) in [5.74, 6) is 0.639. The number of amides is 1. The highest BCUT2D eigenvalue weighted by atomic mass is 32.1. The molecular formula is C20H26N2O3S. The third-order valence-electron chi connectivity index (χ3n) is 4.42. The van der Waals surface area contributed by atoms with Gasteiger partial charge in [0.15, 0.2) is 6.61 Å². The first kappa shape index (κ1) is 18.9. The number of morpholine rings is 1. The predicted molar refractivity (Wildman–Crippen MR) is 104 cm³/mol. The Morgan fingerprint density at radius 2 is 2.00 bits per heavy atom. The van der Waals surface area contributed by atoms with E-state index in [2.05, 4.69) is 33.8 Å². The van der Waals surface area contributed by atoms with E-state index < -0.39 is 0 Å². The van der Waals surface area contributed by atoms with Crippen LogP contribution in [-0.4, -0.2) is 50.3 Å². The van der Waals surface area contributed by atoms with Crippen LogP contribution in [0.4, 0.5) is 0 Å². The Labute approximate surface area is 158 Å². The van der Waals surface area contributed by atoms with Crippen molar-refractivity contribution in [2.45, 2.75) is 19.9 Å². The van der Waals surface area contributed by atoms with Gasteiger partial charge in [0, 0.05) is 24.5 Å². The lowest BCUT2D eigenvalue weighted by Gasteiger charge is -2.34. The highest BCUT2D eigenvalue weighted by Gasteiger charge is 2.23. The van der Waals surface area contributed by atoms with Crippen LogP contribution in [0.2, 0.25) is 0 Å². The lowest BCUT2D eigenvalue weighted by Crippen LogP contribution is -2.44. The van der Waals surface area contributed by atoms with Crippen LogP contribution in [0.3, 0.4) is 0 Å². The summed E-state index contributed by atoms with van der Waals surface area (Å²) in [5.41, 5.74) is 2.26. The van der Waals surface area contributed by atoms with Gasteiger partial charge < -0.3 is 14.8 Å². The van der Waals surface area contributed by atoms with E-state index in [1.165, 1.54) is 4.88 Å². The second-order valence-electron chi connectivity index (χ2n) is 6.60. The minimum Gasteiger partial charge on any atom is -0.484 e. The Kier molecular flexibility index (Phi) is 6.66. The molecule has 5 nitrogen and oxygen atoms in total. The molecule has 0 unspecified atom stereocenters. The maximum atomic E-state index is 12.3. The van der Waals surface area contributed by atoms with Crippen LogP contribution >= 0.6 is 11.3 Å². The zero-order chi connectivity index (χ0) is 18.4. The standard InChI is InChI=1S/C20H26N2O3S/c1-15-10-16(2)12-17(11-15)25-14-20(23)21-13-18(19-4-3-9-26-19)22-5-7-24-8-6-22/h3-4,9-12,18H,5-8,13-14H2,1-2H3,(H,21,23)/t18-/m0/s1. The van der Waals surface area contributed by atoms with Crippen LogP contribution in [0.15, 0.2) is 35.7 Å². The topological polar surface area (TPSA) is 50.8 Å². The van der Waals surface area contributed by atoms with E-state index in [-0.39, 0.29) is 18.6 Å². The molecule has 2 heterocycles. The molecule has 0 aliphatic carbocycles. The average Bonchev–Trinajstić information content (AvgIpc) is 3.15. The molecule has 26 heavy (non-hydrogen) atoms. The van der Waals surface area contributed by atoms with Gasteiger partial charge >= 0.3 is 0 Å². The lowest BCUT2D eigenvalue weighted by molar-refractivity contribution is -0.123. The summed E-state index contributed by atoms with van der Waals surface area (Å²) in [4.78, 5) is 15.9. The van der Waals surface area contributed by atoms with Crippen molar-refractivity contribution in [3.63, 3.8) is 0 Å². The Morgan fingerprint density at radius 1 is 1.27 bits per heavy atom. The lowest BCUT2D eigenvalue weighted by atomic mass is 10.1. The quantitative estimate of drug-likeness (QED) is 0.810. The number of benzene rings is 1. The molecule has 0 spiro atoms. The Balaban J connectivity index is 1.53. The van der Waals surface area contributed by atoms with Gasteiger partial charge in [0.25, 0.3) is 5.91 Å². The number of thiophene rings is 1. The molecule has 1 aliphatic rings. The van der Waals surface area contributed by atoms with Gasteiger partial charge in [-0.3, -0.25) is 9.69 Å². The summed E-state index contributed by atoms with van der Waals surface area (Å²) >= 11 is 1.72. The first-order valence-electron chi connectivity index (χ1n) is 8.95. The normalized spacial score (nSPS) is 16.2. The van der Waals surface area contributed by atoms with Gasteiger partial charge in [-0.25, -0.2) is 0 Å². The highest BCUT2D eigenvalue weighted by molar-refractivity contribution is 7.10. The van der Waals surface area contributed by atoms with Crippen molar-refractivity contribution in [3.8, 4) is 5.75 Å². The van der Waals surface area contributed by atoms with Gasteiger partial charge in [-0.05, 0) is 48.6 Å². The molecule has 1 amide bonds. The summed E-state index contributed by atoms with van der Waals surface area (Å²) in [7, 11) is 0. The van der Waals surface area contributed by atoms with E-state index in [9.17, 15) is 4.79 Å². The van der Waals surface area contributed by atoms with E-state index in [1.807, 2.05) is 26.0 Å². The highest BCUT2D eigenvalue weighted by Crippen LogP contribution is 2.25. The van der Waals surface area contributed by atoms with E-state index in [0.29, 0.717) is 6.54 Å².